The van der Waals surface area contributed by atoms with Gasteiger partial charge in [-0.15, -0.1) is 11.3 Å². The molecule has 15 heavy (non-hydrogen) atoms. The van der Waals surface area contributed by atoms with Crippen molar-refractivity contribution in [2.45, 2.75) is 33.7 Å². The molecule has 1 aromatic rings. The summed E-state index contributed by atoms with van der Waals surface area (Å²) < 4.78 is 0. The van der Waals surface area contributed by atoms with E-state index in [9.17, 15) is 0 Å². The monoisotopic (exact) mass is 226 g/mol. The molecule has 0 radical (unpaired) electrons. The van der Waals surface area contributed by atoms with Crippen LogP contribution in [0.4, 0.5) is 0 Å². The number of aryl methyl sites for hydroxylation is 2. The first-order valence-electron chi connectivity index (χ1n) is 5.10. The Morgan fingerprint density at radius 1 is 1.53 bits per heavy atom. The van der Waals surface area contributed by atoms with Gasteiger partial charge in [-0.25, -0.2) is 9.98 Å². The second kappa shape index (κ2) is 5.70. The number of aromatic nitrogens is 1. The van der Waals surface area contributed by atoms with Gasteiger partial charge in [0.25, 0.3) is 0 Å². The topological polar surface area (TPSA) is 63.3 Å². The summed E-state index contributed by atoms with van der Waals surface area (Å²) in [6.07, 6.45) is 1.05. The molecule has 84 valence electrons. The highest BCUT2D eigenvalue weighted by Crippen LogP contribution is 2.16. The van der Waals surface area contributed by atoms with Gasteiger partial charge in [-0.05, 0) is 20.3 Å². The molecule has 5 heteroatoms. The highest BCUT2D eigenvalue weighted by atomic mass is 32.1. The molecule has 0 aliphatic heterocycles. The first kappa shape index (κ1) is 12.0. The summed E-state index contributed by atoms with van der Waals surface area (Å²) in [5.41, 5.74) is 6.76. The highest BCUT2D eigenvalue weighted by Gasteiger charge is 2.02. The van der Waals surface area contributed by atoms with E-state index in [1.165, 1.54) is 4.88 Å². The van der Waals surface area contributed by atoms with Crippen molar-refractivity contribution in [3.63, 3.8) is 0 Å². The van der Waals surface area contributed by atoms with E-state index in [1.807, 2.05) is 6.92 Å². The van der Waals surface area contributed by atoms with Crippen molar-refractivity contribution in [2.24, 2.45) is 10.7 Å². The standard InChI is InChI=1S/C10H18N4S/c1-4-5-12-10(11)13-6-9-14-7(2)8(3)15-9/h4-6H2,1-3H3,(H3,11,12,13). The van der Waals surface area contributed by atoms with Gasteiger partial charge in [-0.1, -0.05) is 6.92 Å². The fourth-order valence-electron chi connectivity index (χ4n) is 1.07. The number of nitrogens with one attached hydrogen (secondary N) is 1. The van der Waals surface area contributed by atoms with Crippen LogP contribution in [-0.4, -0.2) is 17.5 Å². The molecule has 0 saturated carbocycles. The number of guanidine groups is 1. The van der Waals surface area contributed by atoms with E-state index >= 15 is 0 Å². The predicted octanol–water partition coefficient (Wildman–Crippen LogP) is 1.57. The second-order valence-corrected chi connectivity index (χ2v) is 4.67. The minimum absolute atomic E-state index is 0.502. The minimum atomic E-state index is 0.502. The maximum absolute atomic E-state index is 5.67. The summed E-state index contributed by atoms with van der Waals surface area (Å²) in [6.45, 7) is 7.61. The van der Waals surface area contributed by atoms with E-state index < -0.39 is 0 Å². The Bertz CT molecular complexity index is 324. The van der Waals surface area contributed by atoms with Crippen LogP contribution >= 0.6 is 11.3 Å². The quantitative estimate of drug-likeness (QED) is 0.605. The SMILES string of the molecule is CCCNC(N)=NCc1nc(C)c(C)s1. The van der Waals surface area contributed by atoms with Crippen LogP contribution < -0.4 is 11.1 Å². The number of nitrogens with two attached hydrogens (primary N) is 1. The molecule has 0 saturated heterocycles. The van der Waals surface area contributed by atoms with Crippen molar-refractivity contribution in [3.8, 4) is 0 Å². The fourth-order valence-corrected chi connectivity index (χ4v) is 1.93. The number of rotatable bonds is 4. The van der Waals surface area contributed by atoms with E-state index in [-0.39, 0.29) is 0 Å². The minimum Gasteiger partial charge on any atom is -0.370 e. The third-order valence-electron chi connectivity index (χ3n) is 2.01. The van der Waals surface area contributed by atoms with E-state index in [4.69, 9.17) is 5.73 Å². The zero-order valence-corrected chi connectivity index (χ0v) is 10.3. The molecule has 0 atom stereocenters. The number of hydrogen-bond acceptors (Lipinski definition) is 3. The van der Waals surface area contributed by atoms with Crippen molar-refractivity contribution >= 4 is 17.3 Å². The summed E-state index contributed by atoms with van der Waals surface area (Å²) in [5, 5.41) is 4.05. The molecule has 1 heterocycles. The molecule has 3 N–H and O–H groups in total. The summed E-state index contributed by atoms with van der Waals surface area (Å²) in [7, 11) is 0. The first-order valence-corrected chi connectivity index (χ1v) is 5.91. The van der Waals surface area contributed by atoms with Crippen LogP contribution in [0.1, 0.15) is 28.9 Å². The highest BCUT2D eigenvalue weighted by molar-refractivity contribution is 7.11. The smallest absolute Gasteiger partial charge is 0.189 e. The Kier molecular flexibility index (Phi) is 4.55. The van der Waals surface area contributed by atoms with Gasteiger partial charge in [0.1, 0.15) is 5.01 Å². The molecule has 0 spiro atoms. The van der Waals surface area contributed by atoms with Crippen LogP contribution in [0.15, 0.2) is 4.99 Å². The molecule has 0 bridgehead atoms. The van der Waals surface area contributed by atoms with Crippen LogP contribution in [0.25, 0.3) is 0 Å². The van der Waals surface area contributed by atoms with Crippen LogP contribution in [0.3, 0.4) is 0 Å². The van der Waals surface area contributed by atoms with Crippen LogP contribution in [0.2, 0.25) is 0 Å². The summed E-state index contributed by atoms with van der Waals surface area (Å²) >= 11 is 1.68. The molecular formula is C10H18N4S. The lowest BCUT2D eigenvalue weighted by molar-refractivity contribution is 0.824. The number of nitrogens with zero attached hydrogens (tertiary/aromatic N) is 2. The molecular weight excluding hydrogens is 208 g/mol. The third-order valence-corrected chi connectivity index (χ3v) is 3.07. The van der Waals surface area contributed by atoms with Crippen molar-refractivity contribution in [1.29, 1.82) is 0 Å². The molecule has 0 aliphatic rings. The Morgan fingerprint density at radius 2 is 2.27 bits per heavy atom. The lowest BCUT2D eigenvalue weighted by Gasteiger charge is -2.01. The fraction of sp³-hybridized carbons (Fsp3) is 0.600. The molecule has 0 aliphatic carbocycles. The van der Waals surface area contributed by atoms with E-state index in [0.29, 0.717) is 12.5 Å². The van der Waals surface area contributed by atoms with E-state index in [2.05, 4.69) is 29.1 Å². The first-order chi connectivity index (χ1) is 7.13. The van der Waals surface area contributed by atoms with E-state index in [0.717, 1.165) is 23.7 Å². The molecule has 0 amide bonds. The number of thiazole rings is 1. The lowest BCUT2D eigenvalue weighted by atomic mass is 10.4. The number of aliphatic imine (C=N–C) groups is 1. The molecule has 1 rings (SSSR count). The van der Waals surface area contributed by atoms with Crippen LogP contribution in [-0.2, 0) is 6.54 Å². The summed E-state index contributed by atoms with van der Waals surface area (Å²) in [4.78, 5) is 9.86. The van der Waals surface area contributed by atoms with Crippen molar-refractivity contribution in [1.82, 2.24) is 10.3 Å². The Balaban J connectivity index is 2.48. The van der Waals surface area contributed by atoms with Crippen molar-refractivity contribution in [3.05, 3.63) is 15.6 Å². The van der Waals surface area contributed by atoms with Gasteiger partial charge in [-0.2, -0.15) is 0 Å². The molecule has 0 aromatic carbocycles. The Labute approximate surface area is 94.6 Å². The molecule has 1 aromatic heterocycles. The van der Waals surface area contributed by atoms with Gasteiger partial charge in [-0.3, -0.25) is 0 Å². The van der Waals surface area contributed by atoms with Gasteiger partial charge < -0.3 is 11.1 Å². The summed E-state index contributed by atoms with van der Waals surface area (Å²) in [6, 6.07) is 0. The number of hydrogen-bond donors (Lipinski definition) is 2. The average Bonchev–Trinajstić information content (AvgIpc) is 2.52. The van der Waals surface area contributed by atoms with Gasteiger partial charge in [0.2, 0.25) is 0 Å². The third kappa shape index (κ3) is 3.87. The zero-order chi connectivity index (χ0) is 11.3. The van der Waals surface area contributed by atoms with Crippen molar-refractivity contribution < 1.29 is 0 Å². The zero-order valence-electron chi connectivity index (χ0n) is 9.50. The van der Waals surface area contributed by atoms with Gasteiger partial charge in [0, 0.05) is 11.4 Å². The van der Waals surface area contributed by atoms with Gasteiger partial charge in [0.05, 0.1) is 12.2 Å². The molecule has 4 nitrogen and oxygen atoms in total. The Hall–Kier alpha value is -1.10. The summed E-state index contributed by atoms with van der Waals surface area (Å²) in [5.74, 6) is 0.502. The molecule has 0 unspecified atom stereocenters. The largest absolute Gasteiger partial charge is 0.370 e. The van der Waals surface area contributed by atoms with Crippen molar-refractivity contribution in [2.75, 3.05) is 6.54 Å². The van der Waals surface area contributed by atoms with Gasteiger partial charge >= 0.3 is 0 Å². The van der Waals surface area contributed by atoms with E-state index in [1.54, 1.807) is 11.3 Å². The maximum atomic E-state index is 5.67. The normalized spacial score (nSPS) is 11.8. The lowest BCUT2D eigenvalue weighted by Crippen LogP contribution is -2.32. The predicted molar refractivity (Wildman–Crippen MR) is 65.2 cm³/mol. The van der Waals surface area contributed by atoms with Crippen LogP contribution in [0, 0.1) is 13.8 Å². The second-order valence-electron chi connectivity index (χ2n) is 3.38. The average molecular weight is 226 g/mol. The van der Waals surface area contributed by atoms with Gasteiger partial charge in [0.15, 0.2) is 5.96 Å². The Morgan fingerprint density at radius 3 is 2.80 bits per heavy atom. The molecule has 0 fully saturated rings. The maximum Gasteiger partial charge on any atom is 0.189 e. The van der Waals surface area contributed by atoms with Crippen LogP contribution in [0.5, 0.6) is 0 Å².